The highest BCUT2D eigenvalue weighted by atomic mass is 16.2. The van der Waals surface area contributed by atoms with Gasteiger partial charge in [0.25, 0.3) is 5.91 Å². The van der Waals surface area contributed by atoms with E-state index in [1.54, 1.807) is 12.4 Å². The maximum Gasteiger partial charge on any atom is 0.255 e. The standard InChI is InChI=1S/C18H24N6O2/c1-4-15(25)24-7-6-13(11(3)10-24)22-14-9-21-17-16(23-14)12(8-20-17)18(26)19-5-2/h4,8-9,11,13H,1,5-7,10H2,2-3H3,(H,19,26)(H,20,21)(H,22,23)/t11-,13-/m0/s1. The molecule has 3 rings (SSSR count). The molecule has 1 aliphatic rings. The van der Waals surface area contributed by atoms with Crippen LogP contribution in [-0.2, 0) is 4.79 Å². The van der Waals surface area contributed by atoms with E-state index >= 15 is 0 Å². The van der Waals surface area contributed by atoms with E-state index in [9.17, 15) is 9.59 Å². The summed E-state index contributed by atoms with van der Waals surface area (Å²) < 4.78 is 0. The minimum absolute atomic E-state index is 0.0320. The number of rotatable bonds is 5. The summed E-state index contributed by atoms with van der Waals surface area (Å²) >= 11 is 0. The number of carbonyl (C=O) groups excluding carboxylic acids is 2. The summed E-state index contributed by atoms with van der Waals surface area (Å²) in [5.74, 6) is 0.687. The Kier molecular flexibility index (Phi) is 5.20. The molecule has 8 heteroatoms. The van der Waals surface area contributed by atoms with Gasteiger partial charge in [-0.15, -0.1) is 0 Å². The van der Waals surface area contributed by atoms with E-state index in [2.05, 4.69) is 39.1 Å². The van der Waals surface area contributed by atoms with Crippen molar-refractivity contribution in [1.82, 2.24) is 25.2 Å². The average molecular weight is 356 g/mol. The van der Waals surface area contributed by atoms with Crippen molar-refractivity contribution < 1.29 is 9.59 Å². The van der Waals surface area contributed by atoms with Crippen molar-refractivity contribution >= 4 is 28.8 Å². The summed E-state index contributed by atoms with van der Waals surface area (Å²) in [6.07, 6.45) is 5.46. The summed E-state index contributed by atoms with van der Waals surface area (Å²) in [4.78, 5) is 37.6. The van der Waals surface area contributed by atoms with Crippen molar-refractivity contribution in [2.45, 2.75) is 26.3 Å². The molecule has 0 spiro atoms. The van der Waals surface area contributed by atoms with Crippen LogP contribution in [0.4, 0.5) is 5.82 Å². The molecule has 2 aromatic rings. The quantitative estimate of drug-likeness (QED) is 0.705. The van der Waals surface area contributed by atoms with Crippen molar-refractivity contribution in [3.63, 3.8) is 0 Å². The van der Waals surface area contributed by atoms with E-state index in [4.69, 9.17) is 0 Å². The molecule has 0 aliphatic carbocycles. The summed E-state index contributed by atoms with van der Waals surface area (Å²) in [5, 5.41) is 6.18. The number of amides is 2. The van der Waals surface area contributed by atoms with Crippen LogP contribution in [0.3, 0.4) is 0 Å². The van der Waals surface area contributed by atoms with Crippen LogP contribution < -0.4 is 10.6 Å². The number of aromatic nitrogens is 3. The minimum atomic E-state index is -0.171. The van der Waals surface area contributed by atoms with Gasteiger partial charge in [0.05, 0.1) is 11.8 Å². The number of nitrogens with one attached hydrogen (secondary N) is 3. The fourth-order valence-corrected chi connectivity index (χ4v) is 3.27. The van der Waals surface area contributed by atoms with Crippen LogP contribution in [0, 0.1) is 5.92 Å². The Morgan fingerprint density at radius 2 is 2.31 bits per heavy atom. The van der Waals surface area contributed by atoms with E-state index < -0.39 is 0 Å². The molecule has 3 N–H and O–H groups in total. The third-order valence-electron chi connectivity index (χ3n) is 4.69. The van der Waals surface area contributed by atoms with Gasteiger partial charge < -0.3 is 20.5 Å². The molecule has 2 amide bonds. The summed E-state index contributed by atoms with van der Waals surface area (Å²) in [7, 11) is 0. The Morgan fingerprint density at radius 1 is 1.50 bits per heavy atom. The highest BCUT2D eigenvalue weighted by molar-refractivity contribution is 6.04. The SMILES string of the molecule is C=CC(=O)N1CC[C@H](Nc2cnc3[nH]cc(C(=O)NCC)c3n2)[C@@H](C)C1. The van der Waals surface area contributed by atoms with Gasteiger partial charge in [-0.05, 0) is 25.3 Å². The number of H-pyrrole nitrogens is 1. The molecule has 1 fully saturated rings. The second kappa shape index (κ2) is 7.55. The van der Waals surface area contributed by atoms with E-state index in [0.29, 0.717) is 42.2 Å². The van der Waals surface area contributed by atoms with Crippen molar-refractivity contribution in [3.05, 3.63) is 30.6 Å². The number of anilines is 1. The third kappa shape index (κ3) is 3.54. The largest absolute Gasteiger partial charge is 0.366 e. The number of fused-ring (bicyclic) bond motifs is 1. The Morgan fingerprint density at radius 3 is 3.00 bits per heavy atom. The van der Waals surface area contributed by atoms with Crippen LogP contribution in [-0.4, -0.2) is 57.3 Å². The topological polar surface area (TPSA) is 103 Å². The summed E-state index contributed by atoms with van der Waals surface area (Å²) in [6, 6.07) is 0.183. The van der Waals surface area contributed by atoms with Crippen molar-refractivity contribution in [2.24, 2.45) is 5.92 Å². The van der Waals surface area contributed by atoms with Gasteiger partial charge in [0.1, 0.15) is 11.3 Å². The number of piperidine rings is 1. The molecule has 138 valence electrons. The highest BCUT2D eigenvalue weighted by Crippen LogP contribution is 2.22. The predicted octanol–water partition coefficient (Wildman–Crippen LogP) is 1.54. The number of nitrogens with zero attached hydrogens (tertiary/aromatic N) is 3. The van der Waals surface area contributed by atoms with E-state index in [1.807, 2.05) is 11.8 Å². The molecule has 0 radical (unpaired) electrons. The minimum Gasteiger partial charge on any atom is -0.366 e. The van der Waals surface area contributed by atoms with Gasteiger partial charge in [0.2, 0.25) is 5.91 Å². The monoisotopic (exact) mass is 356 g/mol. The van der Waals surface area contributed by atoms with E-state index in [0.717, 1.165) is 6.42 Å². The number of hydrogen-bond donors (Lipinski definition) is 3. The lowest BCUT2D eigenvalue weighted by Crippen LogP contribution is -2.47. The van der Waals surface area contributed by atoms with Gasteiger partial charge in [0, 0.05) is 31.9 Å². The first-order valence-electron chi connectivity index (χ1n) is 8.83. The zero-order valence-corrected chi connectivity index (χ0v) is 15.1. The van der Waals surface area contributed by atoms with Gasteiger partial charge in [-0.1, -0.05) is 13.5 Å². The maximum atomic E-state index is 12.1. The lowest BCUT2D eigenvalue weighted by molar-refractivity contribution is -0.127. The zero-order chi connectivity index (χ0) is 18.7. The van der Waals surface area contributed by atoms with Crippen LogP contribution in [0.15, 0.2) is 25.0 Å². The number of carbonyl (C=O) groups is 2. The van der Waals surface area contributed by atoms with Crippen molar-refractivity contribution in [2.75, 3.05) is 25.0 Å². The Balaban J connectivity index is 1.75. The molecular weight excluding hydrogens is 332 g/mol. The molecule has 2 aromatic heterocycles. The summed E-state index contributed by atoms with van der Waals surface area (Å²) in [5.41, 5.74) is 1.61. The molecule has 3 heterocycles. The van der Waals surface area contributed by atoms with Crippen LogP contribution in [0.25, 0.3) is 11.2 Å². The van der Waals surface area contributed by atoms with Gasteiger partial charge in [-0.3, -0.25) is 9.59 Å². The lowest BCUT2D eigenvalue weighted by Gasteiger charge is -2.37. The molecule has 0 aromatic carbocycles. The molecule has 2 atom stereocenters. The first-order valence-corrected chi connectivity index (χ1v) is 8.83. The first-order chi connectivity index (χ1) is 12.5. The van der Waals surface area contributed by atoms with Crippen molar-refractivity contribution in [1.29, 1.82) is 0 Å². The lowest BCUT2D eigenvalue weighted by atomic mass is 9.94. The van der Waals surface area contributed by atoms with Gasteiger partial charge in [-0.2, -0.15) is 0 Å². The molecule has 26 heavy (non-hydrogen) atoms. The number of hydrogen-bond acceptors (Lipinski definition) is 5. The molecular formula is C18H24N6O2. The fraction of sp³-hybridized carbons (Fsp3) is 0.444. The highest BCUT2D eigenvalue weighted by Gasteiger charge is 2.28. The molecule has 0 unspecified atom stereocenters. The van der Waals surface area contributed by atoms with E-state index in [-0.39, 0.29) is 23.8 Å². The molecule has 8 nitrogen and oxygen atoms in total. The Labute approximate surface area is 152 Å². The molecule has 0 saturated carbocycles. The first kappa shape index (κ1) is 17.9. The second-order valence-electron chi connectivity index (χ2n) is 6.52. The van der Waals surface area contributed by atoms with Crippen LogP contribution in [0.1, 0.15) is 30.6 Å². The van der Waals surface area contributed by atoms with Gasteiger partial charge in [0.15, 0.2) is 5.65 Å². The number of likely N-dealkylation sites (tertiary alicyclic amines) is 1. The maximum absolute atomic E-state index is 12.1. The average Bonchev–Trinajstić information content (AvgIpc) is 3.06. The van der Waals surface area contributed by atoms with Crippen LogP contribution in [0.2, 0.25) is 0 Å². The number of aromatic amines is 1. The van der Waals surface area contributed by atoms with Crippen molar-refractivity contribution in [3.8, 4) is 0 Å². The second-order valence-corrected chi connectivity index (χ2v) is 6.52. The van der Waals surface area contributed by atoms with Gasteiger partial charge in [-0.25, -0.2) is 9.97 Å². The smallest absolute Gasteiger partial charge is 0.255 e. The van der Waals surface area contributed by atoms with E-state index in [1.165, 1.54) is 6.08 Å². The van der Waals surface area contributed by atoms with Gasteiger partial charge >= 0.3 is 0 Å². The summed E-state index contributed by atoms with van der Waals surface area (Å²) in [6.45, 7) is 9.42. The Bertz CT molecular complexity index is 830. The molecule has 1 saturated heterocycles. The Hall–Kier alpha value is -2.90. The molecule has 1 aliphatic heterocycles. The third-order valence-corrected chi connectivity index (χ3v) is 4.69. The normalized spacial score (nSPS) is 20.0. The predicted molar refractivity (Wildman–Crippen MR) is 99.9 cm³/mol. The molecule has 0 bridgehead atoms. The van der Waals surface area contributed by atoms with Crippen LogP contribution in [0.5, 0.6) is 0 Å². The fourth-order valence-electron chi connectivity index (χ4n) is 3.27. The van der Waals surface area contributed by atoms with Crippen LogP contribution >= 0.6 is 0 Å². The zero-order valence-electron chi connectivity index (χ0n) is 15.1.